The predicted octanol–water partition coefficient (Wildman–Crippen LogP) is 4.15. The summed E-state index contributed by atoms with van der Waals surface area (Å²) in [7, 11) is 0. The van der Waals surface area contributed by atoms with Crippen LogP contribution in [0.15, 0.2) is 24.3 Å². The third kappa shape index (κ3) is 5.69. The number of aromatic nitrogens is 1. The van der Waals surface area contributed by atoms with Crippen LogP contribution in [0.4, 0.5) is 0 Å². The number of fused-ring (bicyclic) bond motifs is 1. The summed E-state index contributed by atoms with van der Waals surface area (Å²) in [5.74, 6) is -1.29. The van der Waals surface area contributed by atoms with Crippen molar-refractivity contribution in [1.82, 2.24) is 10.3 Å². The van der Waals surface area contributed by atoms with E-state index in [1.165, 1.54) is 0 Å². The van der Waals surface area contributed by atoms with Crippen LogP contribution < -0.4 is 5.32 Å². The number of carbonyl (C=O) groups excluding carboxylic acids is 4. The lowest BCUT2D eigenvalue weighted by Gasteiger charge is -2.24. The van der Waals surface area contributed by atoms with Crippen LogP contribution in [0.25, 0.3) is 10.9 Å². The van der Waals surface area contributed by atoms with Gasteiger partial charge in [-0.25, -0.2) is 0 Å². The Morgan fingerprint density at radius 2 is 2.00 bits per heavy atom. The first kappa shape index (κ1) is 23.2. The molecule has 1 heterocycles. The third-order valence-electron chi connectivity index (χ3n) is 6.61. The molecule has 0 saturated heterocycles. The molecule has 2 aromatic rings. The van der Waals surface area contributed by atoms with Gasteiger partial charge in [0.2, 0.25) is 5.91 Å². The SMILES string of the molecule is N#C[C@H](C[C@@H]1CCC(=O)CC1=O)NC(=O)[C@@H](CC(=O)c1cc2cccc(Cl)c2[nH]1)CC1CC1. The van der Waals surface area contributed by atoms with Crippen LogP contribution in [0.2, 0.25) is 5.02 Å². The highest BCUT2D eigenvalue weighted by Gasteiger charge is 2.34. The lowest BCUT2D eigenvalue weighted by molar-refractivity contribution is -0.133. The maximum absolute atomic E-state index is 13.1. The first-order chi connectivity index (χ1) is 15.8. The van der Waals surface area contributed by atoms with Gasteiger partial charge in [0.1, 0.15) is 17.6 Å². The molecule has 4 rings (SSSR count). The van der Waals surface area contributed by atoms with E-state index in [9.17, 15) is 24.4 Å². The van der Waals surface area contributed by atoms with E-state index in [4.69, 9.17) is 11.6 Å². The van der Waals surface area contributed by atoms with Crippen molar-refractivity contribution in [3.05, 3.63) is 35.0 Å². The van der Waals surface area contributed by atoms with Crippen molar-refractivity contribution < 1.29 is 19.2 Å². The fourth-order valence-corrected chi connectivity index (χ4v) is 4.76. The summed E-state index contributed by atoms with van der Waals surface area (Å²) in [4.78, 5) is 52.7. The van der Waals surface area contributed by atoms with E-state index in [0.717, 1.165) is 18.2 Å². The van der Waals surface area contributed by atoms with Gasteiger partial charge in [-0.15, -0.1) is 0 Å². The Labute approximate surface area is 196 Å². The number of amides is 1. The fourth-order valence-electron chi connectivity index (χ4n) is 4.53. The van der Waals surface area contributed by atoms with Crippen molar-refractivity contribution in [1.29, 1.82) is 5.26 Å². The van der Waals surface area contributed by atoms with E-state index in [0.29, 0.717) is 41.4 Å². The summed E-state index contributed by atoms with van der Waals surface area (Å²) < 4.78 is 0. The van der Waals surface area contributed by atoms with E-state index >= 15 is 0 Å². The maximum atomic E-state index is 13.1. The molecule has 7 nitrogen and oxygen atoms in total. The number of H-pyrrole nitrogens is 1. The van der Waals surface area contributed by atoms with Gasteiger partial charge >= 0.3 is 0 Å². The van der Waals surface area contributed by atoms with Crippen molar-refractivity contribution in [2.24, 2.45) is 17.8 Å². The van der Waals surface area contributed by atoms with Gasteiger partial charge in [0.15, 0.2) is 5.78 Å². The van der Waals surface area contributed by atoms with Crippen molar-refractivity contribution >= 4 is 45.8 Å². The van der Waals surface area contributed by atoms with Gasteiger partial charge in [0.05, 0.1) is 28.7 Å². The standard InChI is InChI=1S/C25H26ClN3O4/c26-20-3-1-2-16-10-21(29-24(16)20)23(32)11-17(8-14-4-5-14)25(33)28-18(13-27)9-15-6-7-19(30)12-22(15)31/h1-3,10,14-15,17-18,29H,4-9,11-12H2,(H,28,33)/t15-,17+,18-/m0/s1. The molecule has 33 heavy (non-hydrogen) atoms. The Bertz CT molecular complexity index is 1140. The monoisotopic (exact) mass is 467 g/mol. The van der Waals surface area contributed by atoms with Crippen LogP contribution in [0.1, 0.15) is 61.9 Å². The van der Waals surface area contributed by atoms with E-state index in [1.807, 2.05) is 12.1 Å². The summed E-state index contributed by atoms with van der Waals surface area (Å²) in [5, 5.41) is 13.7. The number of rotatable bonds is 9. The quantitative estimate of drug-likeness (QED) is 0.424. The molecule has 1 aromatic heterocycles. The average Bonchev–Trinajstić information content (AvgIpc) is 3.48. The van der Waals surface area contributed by atoms with Gasteiger partial charge in [-0.05, 0) is 37.3 Å². The van der Waals surface area contributed by atoms with Crippen LogP contribution in [0.5, 0.6) is 0 Å². The Morgan fingerprint density at radius 1 is 1.21 bits per heavy atom. The zero-order valence-electron chi connectivity index (χ0n) is 18.2. The Morgan fingerprint density at radius 3 is 2.67 bits per heavy atom. The summed E-state index contributed by atoms with van der Waals surface area (Å²) in [6, 6.07) is 8.39. The summed E-state index contributed by atoms with van der Waals surface area (Å²) >= 11 is 6.20. The first-order valence-corrected chi connectivity index (χ1v) is 11.8. The maximum Gasteiger partial charge on any atom is 0.224 e. The Hall–Kier alpha value is -2.98. The molecule has 0 spiro atoms. The number of carbonyl (C=O) groups is 4. The number of Topliss-reactive ketones (excluding diaryl/α,β-unsaturated/α-hetero) is 3. The molecular formula is C25H26ClN3O4. The molecule has 2 N–H and O–H groups in total. The second-order valence-corrected chi connectivity index (χ2v) is 9.64. The minimum atomic E-state index is -0.830. The minimum absolute atomic E-state index is 0.0295. The highest BCUT2D eigenvalue weighted by molar-refractivity contribution is 6.35. The van der Waals surface area contributed by atoms with Crippen LogP contribution in [0, 0.1) is 29.1 Å². The van der Waals surface area contributed by atoms with Crippen LogP contribution in [-0.4, -0.2) is 34.3 Å². The van der Waals surface area contributed by atoms with E-state index < -0.39 is 17.9 Å². The second-order valence-electron chi connectivity index (χ2n) is 9.23. The fraction of sp³-hybridized carbons (Fsp3) is 0.480. The van der Waals surface area contributed by atoms with Crippen molar-refractivity contribution in [3.63, 3.8) is 0 Å². The molecule has 8 heteroatoms. The number of aromatic amines is 1. The average molecular weight is 468 g/mol. The second kappa shape index (κ2) is 9.88. The van der Waals surface area contributed by atoms with Crippen molar-refractivity contribution in [2.45, 2.75) is 57.4 Å². The number of nitrogens with zero attached hydrogens (tertiary/aromatic N) is 1. The summed E-state index contributed by atoms with van der Waals surface area (Å²) in [5.41, 5.74) is 1.09. The van der Waals surface area contributed by atoms with Crippen molar-refractivity contribution in [2.75, 3.05) is 0 Å². The number of nitriles is 1. The van der Waals surface area contributed by atoms with Gasteiger partial charge in [-0.3, -0.25) is 19.2 Å². The van der Waals surface area contributed by atoms with E-state index in [-0.39, 0.29) is 42.5 Å². The highest BCUT2D eigenvalue weighted by atomic mass is 35.5. The van der Waals surface area contributed by atoms with Gasteiger partial charge in [0.25, 0.3) is 0 Å². The van der Waals surface area contributed by atoms with Gasteiger partial charge in [0, 0.05) is 30.1 Å². The molecule has 2 aliphatic rings. The normalized spacial score (nSPS) is 20.3. The van der Waals surface area contributed by atoms with Crippen molar-refractivity contribution in [3.8, 4) is 6.07 Å². The predicted molar refractivity (Wildman–Crippen MR) is 123 cm³/mol. The summed E-state index contributed by atoms with van der Waals surface area (Å²) in [6.45, 7) is 0. The largest absolute Gasteiger partial charge is 0.351 e. The molecule has 0 unspecified atom stereocenters. The van der Waals surface area contributed by atoms with Gasteiger partial charge < -0.3 is 10.3 Å². The number of ketones is 3. The van der Waals surface area contributed by atoms with Crippen LogP contribution in [0.3, 0.4) is 0 Å². The lowest BCUT2D eigenvalue weighted by atomic mass is 9.83. The Kier molecular flexibility index (Phi) is 6.94. The number of benzene rings is 1. The number of para-hydroxylation sites is 1. The van der Waals surface area contributed by atoms with E-state index in [2.05, 4.69) is 16.4 Å². The topological polar surface area (TPSA) is 120 Å². The highest BCUT2D eigenvalue weighted by Crippen LogP contribution is 2.37. The minimum Gasteiger partial charge on any atom is -0.351 e. The van der Waals surface area contributed by atoms with Crippen LogP contribution in [-0.2, 0) is 14.4 Å². The Balaban J connectivity index is 1.42. The van der Waals surface area contributed by atoms with E-state index in [1.54, 1.807) is 12.1 Å². The number of hydrogen-bond donors (Lipinski definition) is 2. The first-order valence-electron chi connectivity index (χ1n) is 11.4. The number of nitrogens with one attached hydrogen (secondary N) is 2. The zero-order chi connectivity index (χ0) is 23.5. The van der Waals surface area contributed by atoms with Gasteiger partial charge in [-0.2, -0.15) is 5.26 Å². The molecule has 2 saturated carbocycles. The molecule has 1 aromatic carbocycles. The lowest BCUT2D eigenvalue weighted by Crippen LogP contribution is -2.41. The summed E-state index contributed by atoms with van der Waals surface area (Å²) in [6.07, 6.45) is 3.53. The molecule has 2 aliphatic carbocycles. The number of halogens is 1. The molecule has 1 amide bonds. The molecular weight excluding hydrogens is 442 g/mol. The smallest absolute Gasteiger partial charge is 0.224 e. The molecule has 172 valence electrons. The van der Waals surface area contributed by atoms with Gasteiger partial charge in [-0.1, -0.05) is 36.6 Å². The molecule has 0 radical (unpaired) electrons. The molecule has 0 bridgehead atoms. The molecule has 3 atom stereocenters. The number of hydrogen-bond acceptors (Lipinski definition) is 5. The molecule has 0 aliphatic heterocycles. The molecule has 2 fully saturated rings. The third-order valence-corrected chi connectivity index (χ3v) is 6.93. The van der Waals surface area contributed by atoms with Crippen LogP contribution >= 0.6 is 11.6 Å². The zero-order valence-corrected chi connectivity index (χ0v) is 19.0.